The lowest BCUT2D eigenvalue weighted by Gasteiger charge is -2.23. The highest BCUT2D eigenvalue weighted by atomic mass is 33.2. The Morgan fingerprint density at radius 1 is 1.00 bits per heavy atom. The van der Waals surface area contributed by atoms with Crippen molar-refractivity contribution in [1.29, 1.82) is 0 Å². The van der Waals surface area contributed by atoms with Gasteiger partial charge in [0, 0.05) is 4.90 Å². The highest BCUT2D eigenvalue weighted by Crippen LogP contribution is 2.53. The van der Waals surface area contributed by atoms with E-state index < -0.39 is 9.06 Å². The second-order valence-electron chi connectivity index (χ2n) is 3.12. The maximum absolute atomic E-state index is 2.31. The van der Waals surface area contributed by atoms with E-state index in [-0.39, 0.29) is 0 Å². The van der Waals surface area contributed by atoms with E-state index >= 15 is 0 Å². The molecule has 0 aromatic heterocycles. The van der Waals surface area contributed by atoms with Gasteiger partial charge in [-0.2, -0.15) is 9.06 Å². The molecule has 0 aliphatic rings. The molecule has 0 amide bonds. The molecule has 2 heteroatoms. The molecule has 1 aromatic carbocycles. The zero-order valence-corrected chi connectivity index (χ0v) is 8.84. The summed E-state index contributed by atoms with van der Waals surface area (Å²) >= 11 is 0. The van der Waals surface area contributed by atoms with Gasteiger partial charge in [0.2, 0.25) is 0 Å². The molecule has 0 saturated carbocycles. The van der Waals surface area contributed by atoms with E-state index in [2.05, 4.69) is 49.1 Å². The molecule has 0 N–H and O–H groups in total. The maximum atomic E-state index is 2.31. The van der Waals surface area contributed by atoms with Crippen LogP contribution in [0.25, 0.3) is 0 Å². The van der Waals surface area contributed by atoms with Crippen LogP contribution in [-0.2, 0) is 0 Å². The van der Waals surface area contributed by atoms with E-state index in [0.717, 1.165) is 0 Å². The van der Waals surface area contributed by atoms with Crippen molar-refractivity contribution in [3.63, 3.8) is 0 Å². The van der Waals surface area contributed by atoms with Crippen LogP contribution in [0.15, 0.2) is 35.2 Å². The number of benzene rings is 1. The second-order valence-corrected chi connectivity index (χ2v) is 10.7. The van der Waals surface area contributed by atoms with E-state index in [9.17, 15) is 0 Å². The molecule has 0 aliphatic heterocycles. The average molecular weight is 186 g/mol. The van der Waals surface area contributed by atoms with Gasteiger partial charge >= 0.3 is 0 Å². The molecule has 0 unspecified atom stereocenters. The molecule has 0 saturated heterocycles. The molecule has 0 spiro atoms. The smallest absolute Gasteiger partial charge is 0.0167 e. The Bertz CT molecular complexity index is 211. The Balaban J connectivity index is 2.66. The Morgan fingerprint density at radius 3 is 2.00 bits per heavy atom. The van der Waals surface area contributed by atoms with Gasteiger partial charge in [0.15, 0.2) is 0 Å². The summed E-state index contributed by atoms with van der Waals surface area (Å²) in [4.78, 5) is 1.38. The second kappa shape index (κ2) is 3.55. The molecule has 62 valence electrons. The van der Waals surface area contributed by atoms with Crippen LogP contribution < -0.4 is 0 Å². The van der Waals surface area contributed by atoms with Gasteiger partial charge in [0.05, 0.1) is 0 Å². The molecule has 0 atom stereocenters. The van der Waals surface area contributed by atoms with Crippen molar-refractivity contribution in [2.24, 2.45) is 0 Å². The third kappa shape index (κ3) is 3.73. The average Bonchev–Trinajstić information content (AvgIpc) is 1.85. The van der Waals surface area contributed by atoms with Crippen LogP contribution in [0.4, 0.5) is 0 Å². The minimum absolute atomic E-state index is 0.461. The van der Waals surface area contributed by atoms with E-state index in [1.165, 1.54) is 4.90 Å². The van der Waals surface area contributed by atoms with Crippen LogP contribution in [0.5, 0.6) is 0 Å². The minimum Gasteiger partial charge on any atom is -0.197 e. The van der Waals surface area contributed by atoms with Crippen LogP contribution in [0, 0.1) is 0 Å². The fourth-order valence-electron chi connectivity index (χ4n) is 0.765. The van der Waals surface area contributed by atoms with Crippen molar-refractivity contribution in [2.45, 2.75) is 4.90 Å². The predicted molar refractivity (Wildman–Crippen MR) is 57.7 cm³/mol. The Morgan fingerprint density at radius 2 is 1.55 bits per heavy atom. The third-order valence-electron chi connectivity index (χ3n) is 1.09. The Kier molecular flexibility index (Phi) is 2.90. The van der Waals surface area contributed by atoms with Gasteiger partial charge in [-0.1, -0.05) is 29.0 Å². The number of hydrogen-bond acceptors (Lipinski definition) is 1. The molecule has 11 heavy (non-hydrogen) atoms. The molecule has 0 nitrogen and oxygen atoms in total. The van der Waals surface area contributed by atoms with Crippen LogP contribution >= 0.6 is 19.9 Å². The minimum atomic E-state index is -0.461. The molecule has 0 radical (unpaired) electrons. The summed E-state index contributed by atoms with van der Waals surface area (Å²) in [5.41, 5.74) is 0. The van der Waals surface area contributed by atoms with E-state index in [1.54, 1.807) is 0 Å². The summed E-state index contributed by atoms with van der Waals surface area (Å²) < 4.78 is 0. The molecule has 0 heterocycles. The molecule has 0 fully saturated rings. The zero-order chi connectivity index (χ0) is 8.32. The molecule has 1 aromatic rings. The van der Waals surface area contributed by atoms with Gasteiger partial charge in [-0.15, -0.1) is 0 Å². The summed E-state index contributed by atoms with van der Waals surface area (Å²) in [5.74, 6) is 0. The summed E-state index contributed by atoms with van der Waals surface area (Å²) in [7, 11) is 1.52. The van der Waals surface area contributed by atoms with Crippen LogP contribution in [-0.4, -0.2) is 18.8 Å². The predicted octanol–water partition coefficient (Wildman–Crippen LogP) is 3.39. The highest BCUT2D eigenvalue weighted by Gasteiger charge is 2.04. The van der Waals surface area contributed by atoms with Gasteiger partial charge < -0.3 is 0 Å². The lowest BCUT2D eigenvalue weighted by atomic mass is 10.4. The molecule has 1 rings (SSSR count). The molecular weight excluding hydrogens is 172 g/mol. The van der Waals surface area contributed by atoms with Crippen LogP contribution in [0.1, 0.15) is 0 Å². The highest BCUT2D eigenvalue weighted by molar-refractivity contribution is 8.93. The molecule has 0 bridgehead atoms. The first kappa shape index (κ1) is 9.01. The van der Waals surface area contributed by atoms with Crippen molar-refractivity contribution in [1.82, 2.24) is 0 Å². The monoisotopic (exact) mass is 186 g/mol. The largest absolute Gasteiger partial charge is 0.197 e. The third-order valence-corrected chi connectivity index (χ3v) is 4.13. The summed E-state index contributed by atoms with van der Waals surface area (Å²) in [6.07, 6.45) is 6.93. The fraction of sp³-hybridized carbons (Fsp3) is 0.333. The van der Waals surface area contributed by atoms with Crippen molar-refractivity contribution in [2.75, 3.05) is 18.8 Å². The first-order chi connectivity index (χ1) is 5.08. The SMILES string of the molecule is CS(C)(C)Sc1ccccc1. The maximum Gasteiger partial charge on any atom is 0.0167 e. The first-order valence-corrected chi connectivity index (χ1v) is 7.70. The summed E-state index contributed by atoms with van der Waals surface area (Å²) in [5, 5.41) is 0. The normalized spacial score (nSPS) is 13.0. The van der Waals surface area contributed by atoms with Gasteiger partial charge in [-0.25, -0.2) is 0 Å². The van der Waals surface area contributed by atoms with Gasteiger partial charge in [0.25, 0.3) is 0 Å². The van der Waals surface area contributed by atoms with Crippen molar-refractivity contribution in [3.05, 3.63) is 30.3 Å². The summed E-state index contributed by atoms with van der Waals surface area (Å²) in [6.45, 7) is 0. The Labute approximate surface area is 74.1 Å². The van der Waals surface area contributed by atoms with Crippen molar-refractivity contribution >= 4 is 19.9 Å². The first-order valence-electron chi connectivity index (χ1n) is 3.51. The fourth-order valence-corrected chi connectivity index (χ4v) is 3.68. The quantitative estimate of drug-likeness (QED) is 0.638. The van der Waals surface area contributed by atoms with E-state index in [0.29, 0.717) is 0 Å². The van der Waals surface area contributed by atoms with Crippen LogP contribution in [0.3, 0.4) is 0 Å². The number of rotatable bonds is 2. The number of hydrogen-bond donors (Lipinski definition) is 0. The molecule has 0 aliphatic carbocycles. The van der Waals surface area contributed by atoms with Gasteiger partial charge in [-0.3, -0.25) is 0 Å². The van der Waals surface area contributed by atoms with E-state index in [1.807, 2.05) is 10.8 Å². The topological polar surface area (TPSA) is 0 Å². The summed E-state index contributed by atoms with van der Waals surface area (Å²) in [6, 6.07) is 10.6. The van der Waals surface area contributed by atoms with E-state index in [4.69, 9.17) is 0 Å². The lowest BCUT2D eigenvalue weighted by molar-refractivity contribution is 1.48. The molecular formula is C9H14S2. The standard InChI is InChI=1S/C9H14S2/c1-11(2,3)10-9-7-5-4-6-8-9/h4-8H,1-3H3. The Hall–Kier alpha value is -0.0800. The van der Waals surface area contributed by atoms with Gasteiger partial charge in [-0.05, 0) is 30.9 Å². The zero-order valence-electron chi connectivity index (χ0n) is 7.20. The lowest BCUT2D eigenvalue weighted by Crippen LogP contribution is -1.83. The van der Waals surface area contributed by atoms with Gasteiger partial charge in [0.1, 0.15) is 0 Å². The van der Waals surface area contributed by atoms with Crippen molar-refractivity contribution < 1.29 is 0 Å². The van der Waals surface area contributed by atoms with Crippen LogP contribution in [0.2, 0.25) is 0 Å². The van der Waals surface area contributed by atoms with Crippen molar-refractivity contribution in [3.8, 4) is 0 Å².